The Morgan fingerprint density at radius 1 is 1.18 bits per heavy atom. The maximum absolute atomic E-state index is 13.8. The number of amides is 1. The zero-order valence-corrected chi connectivity index (χ0v) is 15.8. The van der Waals surface area contributed by atoms with Crippen molar-refractivity contribution in [3.63, 3.8) is 0 Å². The summed E-state index contributed by atoms with van der Waals surface area (Å²) in [6.07, 6.45) is 7.90. The normalized spacial score (nSPS) is 17.1. The van der Waals surface area contributed by atoms with Crippen LogP contribution in [0.2, 0.25) is 0 Å². The Bertz CT molecular complexity index is 1030. The lowest BCUT2D eigenvalue weighted by atomic mass is 9.99. The molecule has 2 aliphatic carbocycles. The highest BCUT2D eigenvalue weighted by Gasteiger charge is 2.25. The summed E-state index contributed by atoms with van der Waals surface area (Å²) in [4.78, 5) is 11.7. The quantitative estimate of drug-likeness (QED) is 0.538. The summed E-state index contributed by atoms with van der Waals surface area (Å²) in [7, 11) is 0. The molecule has 2 N–H and O–H groups in total. The summed E-state index contributed by atoms with van der Waals surface area (Å²) < 4.78 is 13.8. The first-order valence-corrected chi connectivity index (χ1v) is 9.51. The molecule has 28 heavy (non-hydrogen) atoms. The minimum Gasteiger partial charge on any atom is -0.289 e. The summed E-state index contributed by atoms with van der Waals surface area (Å²) in [5, 5.41) is 8.89. The molecule has 0 spiro atoms. The lowest BCUT2D eigenvalue weighted by Crippen LogP contribution is -2.18. The number of rotatable bonds is 4. The van der Waals surface area contributed by atoms with Gasteiger partial charge in [-0.3, -0.25) is 10.0 Å². The number of benzene rings is 2. The topological polar surface area (TPSA) is 49.3 Å². The molecule has 4 heteroatoms. The van der Waals surface area contributed by atoms with E-state index in [0.29, 0.717) is 5.56 Å². The van der Waals surface area contributed by atoms with Gasteiger partial charge in [0.2, 0.25) is 5.91 Å². The Kier molecular flexibility index (Phi) is 4.97. The van der Waals surface area contributed by atoms with Gasteiger partial charge in [-0.1, -0.05) is 36.4 Å². The fourth-order valence-corrected chi connectivity index (χ4v) is 4.07. The van der Waals surface area contributed by atoms with Gasteiger partial charge in [-0.25, -0.2) is 9.87 Å². The van der Waals surface area contributed by atoms with E-state index in [1.54, 1.807) is 11.5 Å². The van der Waals surface area contributed by atoms with Crippen molar-refractivity contribution in [1.82, 2.24) is 5.48 Å². The van der Waals surface area contributed by atoms with Crippen LogP contribution in [0.3, 0.4) is 0 Å². The van der Waals surface area contributed by atoms with Crippen LogP contribution < -0.4 is 5.48 Å². The summed E-state index contributed by atoms with van der Waals surface area (Å²) in [5.74, 6) is -0.857. The van der Waals surface area contributed by atoms with Crippen LogP contribution in [0.25, 0.3) is 22.8 Å². The van der Waals surface area contributed by atoms with Crippen LogP contribution in [0.15, 0.2) is 54.1 Å². The van der Waals surface area contributed by atoms with E-state index in [1.807, 2.05) is 6.92 Å². The van der Waals surface area contributed by atoms with Crippen molar-refractivity contribution in [1.29, 1.82) is 0 Å². The van der Waals surface area contributed by atoms with Gasteiger partial charge in [0.1, 0.15) is 5.82 Å². The highest BCUT2D eigenvalue weighted by molar-refractivity contribution is 6.08. The number of hydrogen-bond donors (Lipinski definition) is 2. The highest BCUT2D eigenvalue weighted by atomic mass is 19.1. The van der Waals surface area contributed by atoms with Crippen LogP contribution in [0.4, 0.5) is 4.39 Å². The number of carbonyl (C=O) groups excluding carboxylic acids is 1. The van der Waals surface area contributed by atoms with Gasteiger partial charge in [0.25, 0.3) is 0 Å². The average molecular weight is 375 g/mol. The molecule has 0 aliphatic heterocycles. The summed E-state index contributed by atoms with van der Waals surface area (Å²) in [6.45, 7) is 1.93. The minimum absolute atomic E-state index is 0.00319. The van der Waals surface area contributed by atoms with Crippen LogP contribution in [0.5, 0.6) is 0 Å². The zero-order chi connectivity index (χ0) is 19.7. The van der Waals surface area contributed by atoms with E-state index in [0.717, 1.165) is 40.7 Å². The van der Waals surface area contributed by atoms with Gasteiger partial charge < -0.3 is 0 Å². The molecule has 0 fully saturated rings. The molecular formula is C24H22FNO2. The molecule has 0 unspecified atom stereocenters. The van der Waals surface area contributed by atoms with E-state index < -0.39 is 5.91 Å². The van der Waals surface area contributed by atoms with Crippen LogP contribution in [0, 0.1) is 5.82 Å². The predicted molar refractivity (Wildman–Crippen MR) is 110 cm³/mol. The zero-order valence-electron chi connectivity index (χ0n) is 15.8. The smallest absolute Gasteiger partial charge is 0.247 e. The molecule has 0 atom stereocenters. The van der Waals surface area contributed by atoms with E-state index >= 15 is 0 Å². The monoisotopic (exact) mass is 375 g/mol. The molecule has 0 aromatic heterocycles. The van der Waals surface area contributed by atoms with Gasteiger partial charge >= 0.3 is 0 Å². The second kappa shape index (κ2) is 7.56. The van der Waals surface area contributed by atoms with Crippen molar-refractivity contribution in [3.8, 4) is 0 Å². The molecule has 2 aromatic rings. The number of carbonyl (C=O) groups is 1. The van der Waals surface area contributed by atoms with Gasteiger partial charge in [0.05, 0.1) is 6.42 Å². The number of hydrogen-bond acceptors (Lipinski definition) is 2. The highest BCUT2D eigenvalue weighted by Crippen LogP contribution is 2.43. The van der Waals surface area contributed by atoms with Crippen molar-refractivity contribution in [2.24, 2.45) is 0 Å². The van der Waals surface area contributed by atoms with Crippen molar-refractivity contribution in [3.05, 3.63) is 82.2 Å². The van der Waals surface area contributed by atoms with E-state index in [4.69, 9.17) is 5.21 Å². The number of nitrogens with one attached hydrogen (secondary N) is 1. The molecule has 0 heterocycles. The fraction of sp³-hybridized carbons (Fsp3) is 0.208. The first-order valence-electron chi connectivity index (χ1n) is 9.51. The molecule has 0 saturated heterocycles. The first kappa shape index (κ1) is 18.4. The molecule has 142 valence electrons. The average Bonchev–Trinajstić information content (AvgIpc) is 3.32. The second-order valence-corrected chi connectivity index (χ2v) is 7.31. The van der Waals surface area contributed by atoms with Crippen molar-refractivity contribution in [2.45, 2.75) is 32.6 Å². The molecule has 0 radical (unpaired) electrons. The van der Waals surface area contributed by atoms with E-state index in [-0.39, 0.29) is 12.2 Å². The van der Waals surface area contributed by atoms with Crippen LogP contribution in [0.1, 0.15) is 54.9 Å². The molecule has 2 aromatic carbocycles. The molecule has 0 saturated carbocycles. The Morgan fingerprint density at radius 3 is 2.64 bits per heavy atom. The van der Waals surface area contributed by atoms with Crippen molar-refractivity contribution >= 4 is 28.7 Å². The van der Waals surface area contributed by atoms with Crippen LogP contribution in [-0.2, 0) is 4.79 Å². The molecular weight excluding hydrogens is 353 g/mol. The van der Waals surface area contributed by atoms with Gasteiger partial charge in [-0.05, 0) is 88.9 Å². The van der Waals surface area contributed by atoms with E-state index in [1.165, 1.54) is 29.7 Å². The van der Waals surface area contributed by atoms with Gasteiger partial charge in [-0.15, -0.1) is 0 Å². The van der Waals surface area contributed by atoms with Gasteiger partial charge in [0, 0.05) is 0 Å². The Balaban J connectivity index is 1.72. The predicted octanol–water partition coefficient (Wildman–Crippen LogP) is 5.62. The molecule has 1 amide bonds. The molecule has 4 rings (SSSR count). The third kappa shape index (κ3) is 3.43. The molecule has 2 aliphatic rings. The maximum Gasteiger partial charge on any atom is 0.247 e. The third-order valence-corrected chi connectivity index (χ3v) is 5.55. The van der Waals surface area contributed by atoms with Gasteiger partial charge in [-0.2, -0.15) is 0 Å². The number of hydroxylamine groups is 1. The Hall–Kier alpha value is -2.98. The standard InChI is InChI=1S/C24H22FNO2/c1-15-21(12-16-6-8-18(9-7-16)17-4-2-3-5-17)20-11-10-19(25)13-23(20)22(15)14-24(27)26-28/h4,6-13,28H,2-3,5,14H2,1H3,(H,26,27). The Labute approximate surface area is 163 Å². The summed E-state index contributed by atoms with van der Waals surface area (Å²) in [5.41, 5.74) is 9.64. The van der Waals surface area contributed by atoms with Crippen LogP contribution in [-0.4, -0.2) is 11.1 Å². The summed E-state index contributed by atoms with van der Waals surface area (Å²) >= 11 is 0. The first-order chi connectivity index (χ1) is 13.6. The number of fused-ring (bicyclic) bond motifs is 1. The second-order valence-electron chi connectivity index (χ2n) is 7.31. The SMILES string of the molecule is CC1=C(CC(=O)NO)c2cc(F)ccc2C1=Cc1ccc(C2=CCCC2)cc1. The number of halogens is 1. The maximum atomic E-state index is 13.8. The lowest BCUT2D eigenvalue weighted by molar-refractivity contribution is -0.128. The van der Waals surface area contributed by atoms with E-state index in [2.05, 4.69) is 36.4 Å². The van der Waals surface area contributed by atoms with Crippen LogP contribution >= 0.6 is 0 Å². The molecule has 3 nitrogen and oxygen atoms in total. The van der Waals surface area contributed by atoms with Gasteiger partial charge in [0.15, 0.2) is 0 Å². The Morgan fingerprint density at radius 2 is 1.96 bits per heavy atom. The largest absolute Gasteiger partial charge is 0.289 e. The number of allylic oxidation sites excluding steroid dienone is 4. The van der Waals surface area contributed by atoms with E-state index in [9.17, 15) is 9.18 Å². The third-order valence-electron chi connectivity index (χ3n) is 5.55. The fourth-order valence-electron chi connectivity index (χ4n) is 4.07. The van der Waals surface area contributed by atoms with Crippen molar-refractivity contribution in [2.75, 3.05) is 0 Å². The molecule has 0 bridgehead atoms. The summed E-state index contributed by atoms with van der Waals surface area (Å²) in [6, 6.07) is 13.1. The lowest BCUT2D eigenvalue weighted by Gasteiger charge is -2.06. The van der Waals surface area contributed by atoms with Crippen molar-refractivity contribution < 1.29 is 14.4 Å². The minimum atomic E-state index is -0.514.